The molecule has 1 amide bonds. The fourth-order valence-corrected chi connectivity index (χ4v) is 3.39. The first-order valence-corrected chi connectivity index (χ1v) is 10.6. The molecule has 0 aliphatic heterocycles. The number of carbonyl (C=O) groups is 1. The Labute approximate surface area is 156 Å². The van der Waals surface area contributed by atoms with Gasteiger partial charge < -0.3 is 16.0 Å². The topological polar surface area (TPSA) is 99.7 Å². The van der Waals surface area contributed by atoms with Gasteiger partial charge in [-0.2, -0.15) is 0 Å². The zero-order valence-corrected chi connectivity index (χ0v) is 17.0. The van der Waals surface area contributed by atoms with E-state index in [1.165, 1.54) is 6.26 Å². The smallest absolute Gasteiger partial charge is 0.221 e. The second kappa shape index (κ2) is 10.2. The van der Waals surface area contributed by atoms with Crippen LogP contribution in [0.4, 0.5) is 0 Å². The van der Waals surface area contributed by atoms with Crippen LogP contribution in [0.1, 0.15) is 38.3 Å². The molecule has 26 heavy (non-hydrogen) atoms. The zero-order chi connectivity index (χ0) is 19.7. The van der Waals surface area contributed by atoms with E-state index in [1.807, 2.05) is 26.8 Å². The Balaban J connectivity index is 2.69. The molecule has 0 aliphatic rings. The van der Waals surface area contributed by atoms with Crippen molar-refractivity contribution in [3.63, 3.8) is 0 Å². The number of aliphatic imine (C=N–C) groups is 1. The number of sulfone groups is 1. The van der Waals surface area contributed by atoms with Crippen molar-refractivity contribution in [3.8, 4) is 0 Å². The summed E-state index contributed by atoms with van der Waals surface area (Å²) >= 11 is 0. The van der Waals surface area contributed by atoms with Gasteiger partial charge in [0.1, 0.15) is 0 Å². The van der Waals surface area contributed by atoms with Gasteiger partial charge in [0.15, 0.2) is 15.8 Å². The fourth-order valence-electron chi connectivity index (χ4n) is 2.43. The number of amides is 1. The van der Waals surface area contributed by atoms with Crippen LogP contribution in [0.3, 0.4) is 0 Å². The third-order valence-electron chi connectivity index (χ3n) is 3.50. The van der Waals surface area contributed by atoms with Crippen molar-refractivity contribution >= 4 is 21.7 Å². The first kappa shape index (κ1) is 22.0. The fraction of sp³-hybridized carbons (Fsp3) is 0.556. The summed E-state index contributed by atoms with van der Waals surface area (Å²) in [4.78, 5) is 16.5. The highest BCUT2D eigenvalue weighted by Gasteiger charge is 2.10. The van der Waals surface area contributed by atoms with Crippen molar-refractivity contribution in [2.75, 3.05) is 19.3 Å². The molecule has 146 valence electrons. The Kier molecular flexibility index (Phi) is 8.57. The molecule has 0 spiro atoms. The molecule has 0 aliphatic carbocycles. The largest absolute Gasteiger partial charge is 0.357 e. The SMILES string of the molecule is CCNC(=NCc1ccc(S(C)(=O)=O)c(C)c1)NCCC(=O)NC(C)C. The molecule has 0 fully saturated rings. The number of nitrogens with one attached hydrogen (secondary N) is 3. The third kappa shape index (κ3) is 7.86. The molecule has 3 N–H and O–H groups in total. The number of aryl methyl sites for hydroxylation is 1. The maximum absolute atomic E-state index is 11.7. The van der Waals surface area contributed by atoms with E-state index in [2.05, 4.69) is 20.9 Å². The minimum Gasteiger partial charge on any atom is -0.357 e. The van der Waals surface area contributed by atoms with Crippen LogP contribution in [0.5, 0.6) is 0 Å². The van der Waals surface area contributed by atoms with Crippen LogP contribution in [0.15, 0.2) is 28.1 Å². The Morgan fingerprint density at radius 3 is 2.46 bits per heavy atom. The molecule has 0 heterocycles. The first-order chi connectivity index (χ1) is 12.1. The lowest BCUT2D eigenvalue weighted by Gasteiger charge is -2.12. The normalized spacial score (nSPS) is 12.2. The van der Waals surface area contributed by atoms with Crippen molar-refractivity contribution < 1.29 is 13.2 Å². The van der Waals surface area contributed by atoms with Gasteiger partial charge in [-0.15, -0.1) is 0 Å². The average Bonchev–Trinajstić information content (AvgIpc) is 2.50. The molecule has 0 aromatic heterocycles. The molecular weight excluding hydrogens is 352 g/mol. The number of rotatable bonds is 8. The number of carbonyl (C=O) groups excluding carboxylic acids is 1. The van der Waals surface area contributed by atoms with E-state index >= 15 is 0 Å². The third-order valence-corrected chi connectivity index (χ3v) is 4.75. The van der Waals surface area contributed by atoms with E-state index in [0.29, 0.717) is 42.5 Å². The van der Waals surface area contributed by atoms with Crippen molar-refractivity contribution in [1.29, 1.82) is 0 Å². The van der Waals surface area contributed by atoms with E-state index in [-0.39, 0.29) is 11.9 Å². The molecule has 0 radical (unpaired) electrons. The van der Waals surface area contributed by atoms with Gasteiger partial charge in [0, 0.05) is 31.8 Å². The summed E-state index contributed by atoms with van der Waals surface area (Å²) in [6, 6.07) is 5.35. The van der Waals surface area contributed by atoms with Crippen LogP contribution in [0.25, 0.3) is 0 Å². The number of hydrogen-bond acceptors (Lipinski definition) is 4. The lowest BCUT2D eigenvalue weighted by atomic mass is 10.1. The average molecular weight is 383 g/mol. The minimum atomic E-state index is -3.22. The second-order valence-corrected chi connectivity index (χ2v) is 8.45. The number of guanidine groups is 1. The monoisotopic (exact) mass is 382 g/mol. The van der Waals surface area contributed by atoms with E-state index in [1.54, 1.807) is 19.1 Å². The van der Waals surface area contributed by atoms with Crippen LogP contribution in [-0.2, 0) is 21.2 Å². The molecule has 1 rings (SSSR count). The predicted octanol–water partition coefficient (Wildman–Crippen LogP) is 1.37. The molecule has 0 saturated heterocycles. The Bertz CT molecular complexity index is 743. The van der Waals surface area contributed by atoms with Crippen LogP contribution in [0.2, 0.25) is 0 Å². The maximum Gasteiger partial charge on any atom is 0.221 e. The predicted molar refractivity (Wildman–Crippen MR) is 105 cm³/mol. The van der Waals surface area contributed by atoms with Gasteiger partial charge in [0.05, 0.1) is 11.4 Å². The van der Waals surface area contributed by atoms with Gasteiger partial charge in [-0.25, -0.2) is 13.4 Å². The molecule has 0 atom stereocenters. The zero-order valence-electron chi connectivity index (χ0n) is 16.2. The minimum absolute atomic E-state index is 0.00432. The highest BCUT2D eigenvalue weighted by atomic mass is 32.2. The van der Waals surface area contributed by atoms with Crippen molar-refractivity contribution in [2.45, 2.75) is 51.6 Å². The molecule has 7 nitrogen and oxygen atoms in total. The standard InChI is InChI=1S/C18H30N4O3S/c1-6-19-18(20-10-9-17(23)22-13(2)3)21-12-15-7-8-16(14(4)11-15)26(5,24)25/h7-8,11,13H,6,9-10,12H2,1-5H3,(H,22,23)(H2,19,20,21). The van der Waals surface area contributed by atoms with Crippen molar-refractivity contribution in [3.05, 3.63) is 29.3 Å². The van der Waals surface area contributed by atoms with Gasteiger partial charge >= 0.3 is 0 Å². The Hall–Kier alpha value is -2.09. The van der Waals surface area contributed by atoms with Gasteiger partial charge in [0.25, 0.3) is 0 Å². The van der Waals surface area contributed by atoms with E-state index in [9.17, 15) is 13.2 Å². The van der Waals surface area contributed by atoms with Crippen molar-refractivity contribution in [2.24, 2.45) is 4.99 Å². The van der Waals surface area contributed by atoms with E-state index < -0.39 is 9.84 Å². The quantitative estimate of drug-likeness (QED) is 0.466. The summed E-state index contributed by atoms with van der Waals surface area (Å²) in [6.45, 7) is 9.20. The number of nitrogens with zero attached hydrogens (tertiary/aromatic N) is 1. The summed E-state index contributed by atoms with van der Waals surface area (Å²) in [7, 11) is -3.22. The second-order valence-electron chi connectivity index (χ2n) is 6.47. The summed E-state index contributed by atoms with van der Waals surface area (Å²) in [5, 5.41) is 9.10. The lowest BCUT2D eigenvalue weighted by molar-refractivity contribution is -0.121. The van der Waals surface area contributed by atoms with Crippen LogP contribution in [-0.4, -0.2) is 45.7 Å². The van der Waals surface area contributed by atoms with Crippen LogP contribution in [0, 0.1) is 6.92 Å². The maximum atomic E-state index is 11.7. The Morgan fingerprint density at radius 1 is 1.23 bits per heavy atom. The summed E-state index contributed by atoms with van der Waals surface area (Å²) < 4.78 is 23.4. The highest BCUT2D eigenvalue weighted by Crippen LogP contribution is 2.17. The van der Waals surface area contributed by atoms with Crippen molar-refractivity contribution in [1.82, 2.24) is 16.0 Å². The summed E-state index contributed by atoms with van der Waals surface area (Å²) in [5.41, 5.74) is 1.63. The molecule has 0 unspecified atom stereocenters. The van der Waals surface area contributed by atoms with Crippen LogP contribution >= 0.6 is 0 Å². The van der Waals surface area contributed by atoms with Crippen LogP contribution < -0.4 is 16.0 Å². The number of hydrogen-bond donors (Lipinski definition) is 3. The lowest BCUT2D eigenvalue weighted by Crippen LogP contribution is -2.40. The molecule has 0 bridgehead atoms. The summed E-state index contributed by atoms with van der Waals surface area (Å²) in [5.74, 6) is 0.616. The summed E-state index contributed by atoms with van der Waals surface area (Å²) in [6.07, 6.45) is 1.57. The van der Waals surface area contributed by atoms with Gasteiger partial charge in [-0.05, 0) is 44.9 Å². The molecule has 1 aromatic carbocycles. The first-order valence-electron chi connectivity index (χ1n) is 8.74. The Morgan fingerprint density at radius 2 is 1.92 bits per heavy atom. The number of benzene rings is 1. The molecule has 0 saturated carbocycles. The van der Waals surface area contributed by atoms with E-state index in [4.69, 9.17) is 0 Å². The van der Waals surface area contributed by atoms with Gasteiger partial charge in [0.2, 0.25) is 5.91 Å². The van der Waals surface area contributed by atoms with E-state index in [0.717, 1.165) is 5.56 Å². The molecular formula is C18H30N4O3S. The van der Waals surface area contributed by atoms with Gasteiger partial charge in [-0.1, -0.05) is 12.1 Å². The molecule has 1 aromatic rings. The highest BCUT2D eigenvalue weighted by molar-refractivity contribution is 7.90. The van der Waals surface area contributed by atoms with Gasteiger partial charge in [-0.3, -0.25) is 4.79 Å². The molecule has 8 heteroatoms.